The number of nitrogens with two attached hydrogens (primary N) is 2. The molecule has 1 saturated carbocycles. The fourth-order valence-electron chi connectivity index (χ4n) is 2.90. The van der Waals surface area contributed by atoms with Crippen molar-refractivity contribution in [2.24, 2.45) is 23.3 Å². The zero-order valence-electron chi connectivity index (χ0n) is 12.9. The maximum atomic E-state index is 11.7. The van der Waals surface area contributed by atoms with E-state index in [2.05, 4.69) is 10.6 Å². The van der Waals surface area contributed by atoms with E-state index in [1.807, 2.05) is 0 Å². The fourth-order valence-corrected chi connectivity index (χ4v) is 2.90. The van der Waals surface area contributed by atoms with E-state index in [0.29, 0.717) is 18.4 Å². The van der Waals surface area contributed by atoms with Crippen LogP contribution in [0.4, 0.5) is 0 Å². The molecule has 6 heteroatoms. The number of hydrogen-bond donors (Lipinski definition) is 4. The van der Waals surface area contributed by atoms with Gasteiger partial charge >= 0.3 is 0 Å². The summed E-state index contributed by atoms with van der Waals surface area (Å²) >= 11 is 0. The molecule has 0 aromatic carbocycles. The Balaban J connectivity index is 2.32. The molecule has 6 N–H and O–H groups in total. The summed E-state index contributed by atoms with van der Waals surface area (Å²) in [5.41, 5.74) is 11.0. The van der Waals surface area contributed by atoms with E-state index in [1.54, 1.807) is 0 Å². The molecule has 2 atom stereocenters. The molecule has 122 valence electrons. The molecule has 0 aliphatic heterocycles. The van der Waals surface area contributed by atoms with E-state index in [0.717, 1.165) is 19.4 Å². The Kier molecular flexibility index (Phi) is 9.01. The van der Waals surface area contributed by atoms with Crippen LogP contribution in [0, 0.1) is 11.8 Å². The molecule has 0 bridgehead atoms. The third-order valence-corrected chi connectivity index (χ3v) is 4.19. The Labute approximate surface area is 127 Å². The van der Waals surface area contributed by atoms with Gasteiger partial charge in [-0.15, -0.1) is 0 Å². The minimum atomic E-state index is -0.309. The molecular weight excluding hydrogens is 268 g/mol. The molecule has 1 aliphatic rings. The maximum Gasteiger partial charge on any atom is 0.239 e. The number of carbonyl (C=O) groups excluding carboxylic acids is 2. The Morgan fingerprint density at radius 1 is 0.905 bits per heavy atom. The molecule has 21 heavy (non-hydrogen) atoms. The van der Waals surface area contributed by atoms with Gasteiger partial charge in [-0.2, -0.15) is 0 Å². The maximum absolute atomic E-state index is 11.7. The molecule has 0 radical (unpaired) electrons. The second-order valence-corrected chi connectivity index (χ2v) is 5.98. The molecule has 0 aromatic heterocycles. The van der Waals surface area contributed by atoms with Crippen molar-refractivity contribution in [1.29, 1.82) is 0 Å². The number of amides is 2. The average Bonchev–Trinajstić information content (AvgIpc) is 2.62. The van der Waals surface area contributed by atoms with Crippen molar-refractivity contribution in [3.8, 4) is 0 Å². The quantitative estimate of drug-likeness (QED) is 0.558. The van der Waals surface area contributed by atoms with Crippen LogP contribution >= 0.6 is 0 Å². The number of carbonyl (C=O) groups is 2. The molecule has 6 nitrogen and oxygen atoms in total. The van der Waals surface area contributed by atoms with Gasteiger partial charge < -0.3 is 22.1 Å². The monoisotopic (exact) mass is 298 g/mol. The van der Waals surface area contributed by atoms with E-state index in [-0.39, 0.29) is 24.9 Å². The second-order valence-electron chi connectivity index (χ2n) is 5.98. The first-order chi connectivity index (χ1) is 10.2. The smallest absolute Gasteiger partial charge is 0.239 e. The van der Waals surface area contributed by atoms with Gasteiger partial charge in [0, 0.05) is 6.54 Å². The predicted octanol–water partition coefficient (Wildman–Crippen LogP) is 0.113. The normalized spacial score (nSPS) is 23.5. The van der Waals surface area contributed by atoms with Crippen molar-refractivity contribution in [3.63, 3.8) is 0 Å². The van der Waals surface area contributed by atoms with Gasteiger partial charge in [0.15, 0.2) is 0 Å². The minimum absolute atomic E-state index is 0.00305. The summed E-state index contributed by atoms with van der Waals surface area (Å²) in [5.74, 6) is 0.601. The van der Waals surface area contributed by atoms with Crippen molar-refractivity contribution < 1.29 is 9.59 Å². The minimum Gasteiger partial charge on any atom is -0.354 e. The van der Waals surface area contributed by atoms with Gasteiger partial charge in [-0.1, -0.05) is 25.7 Å². The van der Waals surface area contributed by atoms with Crippen LogP contribution in [0.3, 0.4) is 0 Å². The lowest BCUT2D eigenvalue weighted by atomic mass is 9.89. The van der Waals surface area contributed by atoms with Crippen LogP contribution in [0.2, 0.25) is 0 Å². The third kappa shape index (κ3) is 8.02. The van der Waals surface area contributed by atoms with Gasteiger partial charge in [-0.25, -0.2) is 0 Å². The van der Waals surface area contributed by atoms with Crippen LogP contribution in [0.5, 0.6) is 0 Å². The summed E-state index contributed by atoms with van der Waals surface area (Å²) in [6.07, 6.45) is 8.49. The molecule has 0 aromatic rings. The van der Waals surface area contributed by atoms with Crippen LogP contribution < -0.4 is 22.1 Å². The first-order valence-corrected chi connectivity index (χ1v) is 8.09. The van der Waals surface area contributed by atoms with Gasteiger partial charge in [0.25, 0.3) is 0 Å². The van der Waals surface area contributed by atoms with Crippen LogP contribution in [0.15, 0.2) is 0 Å². The van der Waals surface area contributed by atoms with Crippen molar-refractivity contribution >= 4 is 11.8 Å². The van der Waals surface area contributed by atoms with Gasteiger partial charge in [0.05, 0.1) is 13.1 Å². The molecular formula is C15H30N4O2. The van der Waals surface area contributed by atoms with Crippen LogP contribution in [-0.2, 0) is 9.59 Å². The van der Waals surface area contributed by atoms with E-state index in [1.165, 1.54) is 32.1 Å². The molecule has 2 amide bonds. The first-order valence-electron chi connectivity index (χ1n) is 8.09. The summed E-state index contributed by atoms with van der Waals surface area (Å²) in [6, 6.07) is 0. The summed E-state index contributed by atoms with van der Waals surface area (Å²) in [4.78, 5) is 22.7. The highest BCUT2D eigenvalue weighted by molar-refractivity contribution is 5.85. The van der Waals surface area contributed by atoms with Gasteiger partial charge in [-0.05, 0) is 37.6 Å². The van der Waals surface area contributed by atoms with Crippen molar-refractivity contribution in [2.75, 3.05) is 26.2 Å². The molecule has 1 rings (SSSR count). The predicted molar refractivity (Wildman–Crippen MR) is 83.4 cm³/mol. The summed E-state index contributed by atoms with van der Waals surface area (Å²) < 4.78 is 0. The molecule has 1 fully saturated rings. The largest absolute Gasteiger partial charge is 0.354 e. The summed E-state index contributed by atoms with van der Waals surface area (Å²) in [6.45, 7) is 1.32. The van der Waals surface area contributed by atoms with Crippen LogP contribution in [-0.4, -0.2) is 38.0 Å². The number of nitrogens with one attached hydrogen (secondary N) is 2. The highest BCUT2D eigenvalue weighted by Gasteiger charge is 2.18. The standard InChI is InChI=1S/C15H30N4O2/c16-8-12-5-3-1-2-4-6-13(7-12)10-18-15(21)11-19-14(20)9-17/h12-13H,1-11,16-17H2,(H,18,21)(H,19,20). The van der Waals surface area contributed by atoms with Crippen LogP contribution in [0.25, 0.3) is 0 Å². The third-order valence-electron chi connectivity index (χ3n) is 4.19. The zero-order chi connectivity index (χ0) is 15.5. The molecule has 2 unspecified atom stereocenters. The average molecular weight is 298 g/mol. The van der Waals surface area contributed by atoms with Gasteiger partial charge in [-0.3, -0.25) is 9.59 Å². The van der Waals surface area contributed by atoms with Crippen molar-refractivity contribution in [1.82, 2.24) is 10.6 Å². The number of hydrogen-bond acceptors (Lipinski definition) is 4. The Hall–Kier alpha value is -1.14. The lowest BCUT2D eigenvalue weighted by molar-refractivity contribution is -0.125. The van der Waals surface area contributed by atoms with Crippen molar-refractivity contribution in [3.05, 3.63) is 0 Å². The lowest BCUT2D eigenvalue weighted by Gasteiger charge is -2.22. The second kappa shape index (κ2) is 10.6. The van der Waals surface area contributed by atoms with Gasteiger partial charge in [0.1, 0.15) is 0 Å². The lowest BCUT2D eigenvalue weighted by Crippen LogP contribution is -2.41. The Morgan fingerprint density at radius 3 is 2.19 bits per heavy atom. The molecule has 0 heterocycles. The van der Waals surface area contributed by atoms with E-state index in [4.69, 9.17) is 11.5 Å². The van der Waals surface area contributed by atoms with Crippen LogP contribution in [0.1, 0.15) is 44.9 Å². The fraction of sp³-hybridized carbons (Fsp3) is 0.867. The molecule has 0 spiro atoms. The van der Waals surface area contributed by atoms with Crippen molar-refractivity contribution in [2.45, 2.75) is 44.9 Å². The summed E-state index contributed by atoms with van der Waals surface area (Å²) in [7, 11) is 0. The first kappa shape index (κ1) is 17.9. The topological polar surface area (TPSA) is 110 Å². The van der Waals surface area contributed by atoms with E-state index >= 15 is 0 Å². The van der Waals surface area contributed by atoms with E-state index in [9.17, 15) is 9.59 Å². The summed E-state index contributed by atoms with van der Waals surface area (Å²) in [5, 5.41) is 5.39. The Morgan fingerprint density at radius 2 is 1.57 bits per heavy atom. The Bertz CT molecular complexity index is 323. The van der Waals surface area contributed by atoms with E-state index < -0.39 is 0 Å². The SMILES string of the molecule is NCC(=O)NCC(=O)NCC1CCCCCCC(CN)C1. The highest BCUT2D eigenvalue weighted by atomic mass is 16.2. The van der Waals surface area contributed by atoms with Gasteiger partial charge in [0.2, 0.25) is 11.8 Å². The number of rotatable bonds is 6. The molecule has 1 aliphatic carbocycles. The highest BCUT2D eigenvalue weighted by Crippen LogP contribution is 2.25. The zero-order valence-corrected chi connectivity index (χ0v) is 12.9. The molecule has 0 saturated heterocycles.